The molecule has 2 heterocycles. The molecule has 1 atom stereocenters. The number of anilines is 1. The number of aryl methyl sites for hydroxylation is 1. The van der Waals surface area contributed by atoms with Gasteiger partial charge in [0.2, 0.25) is 0 Å². The first kappa shape index (κ1) is 22.3. The minimum absolute atomic E-state index is 0.271. The summed E-state index contributed by atoms with van der Waals surface area (Å²) in [7, 11) is 0. The van der Waals surface area contributed by atoms with Gasteiger partial charge in [-0.25, -0.2) is 9.78 Å². The second kappa shape index (κ2) is 9.41. The zero-order chi connectivity index (χ0) is 23.7. The third kappa shape index (κ3) is 4.74. The molecule has 1 N–H and O–H groups in total. The van der Waals surface area contributed by atoms with Gasteiger partial charge in [-0.3, -0.25) is 10.1 Å². The number of carbonyl (C=O) groups excluding carboxylic acids is 2. The van der Waals surface area contributed by atoms with Gasteiger partial charge in [-0.2, -0.15) is 0 Å². The van der Waals surface area contributed by atoms with E-state index in [4.69, 9.17) is 16.3 Å². The Bertz CT molecular complexity index is 1400. The van der Waals surface area contributed by atoms with Crippen molar-refractivity contribution >= 4 is 39.9 Å². The molecule has 0 saturated heterocycles. The number of benzene rings is 3. The number of nitrogens with one attached hydrogen (secondary N) is 1. The van der Waals surface area contributed by atoms with Gasteiger partial charge in [-0.05, 0) is 42.3 Å². The SMILES string of the molecule is Cc1cccc(Cc2cnc(NC(=O)c3ccc4c(c3)C[C@H](c3ccccc3Cl)OC4=O)s2)c1. The van der Waals surface area contributed by atoms with Crippen LogP contribution in [0.2, 0.25) is 5.02 Å². The summed E-state index contributed by atoms with van der Waals surface area (Å²) in [5.41, 5.74) is 4.85. The minimum atomic E-state index is -0.491. The van der Waals surface area contributed by atoms with Crippen LogP contribution in [0.25, 0.3) is 0 Å². The summed E-state index contributed by atoms with van der Waals surface area (Å²) >= 11 is 7.76. The summed E-state index contributed by atoms with van der Waals surface area (Å²) in [5, 5.41) is 3.96. The number of nitrogens with zero attached hydrogens (tertiary/aromatic N) is 1. The summed E-state index contributed by atoms with van der Waals surface area (Å²) in [5.74, 6) is -0.689. The first-order chi connectivity index (χ1) is 16.5. The van der Waals surface area contributed by atoms with E-state index in [1.165, 1.54) is 22.5 Å². The maximum atomic E-state index is 12.9. The van der Waals surface area contributed by atoms with Crippen molar-refractivity contribution in [3.8, 4) is 0 Å². The van der Waals surface area contributed by atoms with E-state index in [9.17, 15) is 9.59 Å². The van der Waals surface area contributed by atoms with Gasteiger partial charge in [0.05, 0.1) is 5.56 Å². The van der Waals surface area contributed by atoms with Gasteiger partial charge in [0.15, 0.2) is 5.13 Å². The zero-order valence-corrected chi connectivity index (χ0v) is 20.0. The highest BCUT2D eigenvalue weighted by Gasteiger charge is 2.29. The lowest BCUT2D eigenvalue weighted by atomic mass is 9.93. The first-order valence-corrected chi connectivity index (χ1v) is 12.1. The average molecular weight is 489 g/mol. The van der Waals surface area contributed by atoms with Crippen molar-refractivity contribution in [3.63, 3.8) is 0 Å². The van der Waals surface area contributed by atoms with E-state index in [1.807, 2.05) is 24.3 Å². The van der Waals surface area contributed by atoms with Crippen molar-refractivity contribution in [1.29, 1.82) is 0 Å². The summed E-state index contributed by atoms with van der Waals surface area (Å²) < 4.78 is 5.60. The third-order valence-electron chi connectivity index (χ3n) is 5.73. The minimum Gasteiger partial charge on any atom is -0.453 e. The molecule has 1 aliphatic heterocycles. The molecule has 1 amide bonds. The largest absolute Gasteiger partial charge is 0.453 e. The van der Waals surface area contributed by atoms with Gasteiger partial charge in [0.1, 0.15) is 6.10 Å². The van der Waals surface area contributed by atoms with Gasteiger partial charge < -0.3 is 4.74 Å². The Morgan fingerprint density at radius 2 is 2.00 bits per heavy atom. The molecule has 0 fully saturated rings. The highest BCUT2D eigenvalue weighted by Crippen LogP contribution is 2.34. The summed E-state index contributed by atoms with van der Waals surface area (Å²) in [6.45, 7) is 2.07. The van der Waals surface area contributed by atoms with Gasteiger partial charge in [-0.15, -0.1) is 11.3 Å². The number of esters is 1. The van der Waals surface area contributed by atoms with Crippen LogP contribution in [0.1, 0.15) is 54.0 Å². The highest BCUT2D eigenvalue weighted by atomic mass is 35.5. The predicted octanol–water partition coefficient (Wildman–Crippen LogP) is 6.40. The van der Waals surface area contributed by atoms with Crippen molar-refractivity contribution in [2.24, 2.45) is 0 Å². The number of fused-ring (bicyclic) bond motifs is 1. The van der Waals surface area contributed by atoms with Crippen LogP contribution in [0.5, 0.6) is 0 Å². The Morgan fingerprint density at radius 3 is 2.82 bits per heavy atom. The fraction of sp³-hybridized carbons (Fsp3) is 0.148. The van der Waals surface area contributed by atoms with Crippen LogP contribution < -0.4 is 5.32 Å². The monoisotopic (exact) mass is 488 g/mol. The van der Waals surface area contributed by atoms with E-state index in [2.05, 4.69) is 35.4 Å². The second-order valence-corrected chi connectivity index (χ2v) is 9.77. The molecule has 1 aliphatic rings. The maximum Gasteiger partial charge on any atom is 0.339 e. The van der Waals surface area contributed by atoms with Gasteiger partial charge in [0, 0.05) is 40.1 Å². The quantitative estimate of drug-likeness (QED) is 0.330. The molecule has 34 heavy (non-hydrogen) atoms. The average Bonchev–Trinajstić information content (AvgIpc) is 3.25. The standard InChI is InChI=1S/C27H21ClN2O3S/c1-16-5-4-6-17(11-16)12-20-15-29-27(34-20)30-25(31)18-9-10-21-19(13-18)14-24(33-26(21)32)22-7-2-3-8-23(22)28/h2-11,13,15,24H,12,14H2,1H3,(H,29,30,31)/t24-/m1/s1. The molecule has 0 aliphatic carbocycles. The number of ether oxygens (including phenoxy) is 1. The molecule has 7 heteroatoms. The van der Waals surface area contributed by atoms with E-state index in [-0.39, 0.29) is 5.91 Å². The number of amides is 1. The molecule has 0 radical (unpaired) electrons. The predicted molar refractivity (Wildman–Crippen MR) is 134 cm³/mol. The van der Waals surface area contributed by atoms with Gasteiger partial charge in [-0.1, -0.05) is 59.6 Å². The Balaban J connectivity index is 1.31. The van der Waals surface area contributed by atoms with E-state index in [1.54, 1.807) is 30.5 Å². The van der Waals surface area contributed by atoms with Crippen LogP contribution in [-0.4, -0.2) is 16.9 Å². The number of aromatic nitrogens is 1. The Labute approximate surface area is 206 Å². The number of carbonyl (C=O) groups is 2. The van der Waals surface area contributed by atoms with Crippen LogP contribution in [-0.2, 0) is 17.6 Å². The van der Waals surface area contributed by atoms with E-state index < -0.39 is 12.1 Å². The van der Waals surface area contributed by atoms with Crippen LogP contribution in [0.4, 0.5) is 5.13 Å². The van der Waals surface area contributed by atoms with Crippen molar-refractivity contribution in [2.45, 2.75) is 25.9 Å². The van der Waals surface area contributed by atoms with E-state index >= 15 is 0 Å². The smallest absolute Gasteiger partial charge is 0.339 e. The molecule has 1 aromatic heterocycles. The van der Waals surface area contributed by atoms with Crippen molar-refractivity contribution in [3.05, 3.63) is 116 Å². The first-order valence-electron chi connectivity index (χ1n) is 10.9. The lowest BCUT2D eigenvalue weighted by molar-refractivity contribution is 0.0253. The lowest BCUT2D eigenvalue weighted by Crippen LogP contribution is -2.23. The van der Waals surface area contributed by atoms with Crippen molar-refractivity contribution in [1.82, 2.24) is 4.98 Å². The molecule has 5 nitrogen and oxygen atoms in total. The Kier molecular flexibility index (Phi) is 6.18. The van der Waals surface area contributed by atoms with Crippen LogP contribution in [0.15, 0.2) is 72.9 Å². The fourth-order valence-corrected chi connectivity index (χ4v) is 5.19. The second-order valence-electron chi connectivity index (χ2n) is 8.24. The van der Waals surface area contributed by atoms with E-state index in [0.717, 1.165) is 22.4 Å². The van der Waals surface area contributed by atoms with Gasteiger partial charge in [0.25, 0.3) is 5.91 Å². The van der Waals surface area contributed by atoms with Crippen LogP contribution >= 0.6 is 22.9 Å². The number of hydrogen-bond acceptors (Lipinski definition) is 5. The number of hydrogen-bond donors (Lipinski definition) is 1. The number of halogens is 1. The molecular formula is C27H21ClN2O3S. The van der Waals surface area contributed by atoms with Gasteiger partial charge >= 0.3 is 5.97 Å². The molecule has 3 aromatic carbocycles. The lowest BCUT2D eigenvalue weighted by Gasteiger charge is -2.26. The number of rotatable bonds is 5. The topological polar surface area (TPSA) is 68.3 Å². The van der Waals surface area contributed by atoms with E-state index in [0.29, 0.717) is 27.7 Å². The van der Waals surface area contributed by atoms with Crippen LogP contribution in [0, 0.1) is 6.92 Å². The number of cyclic esters (lactones) is 1. The normalized spacial score (nSPS) is 14.9. The number of thiazole rings is 1. The molecule has 0 bridgehead atoms. The Hall–Kier alpha value is -3.48. The molecule has 0 spiro atoms. The summed E-state index contributed by atoms with van der Waals surface area (Å²) in [4.78, 5) is 30.9. The summed E-state index contributed by atoms with van der Waals surface area (Å²) in [6.07, 6.45) is 2.51. The zero-order valence-electron chi connectivity index (χ0n) is 18.4. The third-order valence-corrected chi connectivity index (χ3v) is 6.99. The fourth-order valence-electron chi connectivity index (χ4n) is 4.09. The molecular weight excluding hydrogens is 468 g/mol. The highest BCUT2D eigenvalue weighted by molar-refractivity contribution is 7.15. The maximum absolute atomic E-state index is 12.9. The molecule has 4 aromatic rings. The Morgan fingerprint density at radius 1 is 1.15 bits per heavy atom. The van der Waals surface area contributed by atoms with Crippen molar-refractivity contribution < 1.29 is 14.3 Å². The van der Waals surface area contributed by atoms with Crippen LogP contribution in [0.3, 0.4) is 0 Å². The van der Waals surface area contributed by atoms with Crippen molar-refractivity contribution in [2.75, 3.05) is 5.32 Å². The summed E-state index contributed by atoms with van der Waals surface area (Å²) in [6, 6.07) is 20.7. The molecule has 170 valence electrons. The molecule has 0 unspecified atom stereocenters. The molecule has 5 rings (SSSR count). The molecule has 0 saturated carbocycles.